The van der Waals surface area contributed by atoms with Gasteiger partial charge < -0.3 is 5.32 Å². The predicted octanol–water partition coefficient (Wildman–Crippen LogP) is 4.48. The first-order valence-electron chi connectivity index (χ1n) is 6.25. The first-order valence-corrected chi connectivity index (χ1v) is 6.25. The van der Waals surface area contributed by atoms with Crippen LogP contribution >= 0.6 is 0 Å². The maximum Gasteiger partial charge on any atom is 0.418 e. The molecule has 0 bridgehead atoms. The molecule has 0 amide bonds. The summed E-state index contributed by atoms with van der Waals surface area (Å²) in [5, 5.41) is 3.13. The topological polar surface area (TPSA) is 12.0 Å². The number of anilines is 1. The van der Waals surface area contributed by atoms with Gasteiger partial charge in [0.2, 0.25) is 0 Å². The number of hydrogen-bond acceptors (Lipinski definition) is 1. The maximum atomic E-state index is 13.0. The summed E-state index contributed by atoms with van der Waals surface area (Å²) in [6.07, 6.45) is -2.80. The third kappa shape index (κ3) is 2.08. The second-order valence-corrected chi connectivity index (χ2v) is 5.34. The van der Waals surface area contributed by atoms with Crippen LogP contribution in [0.5, 0.6) is 0 Å². The van der Waals surface area contributed by atoms with Crippen LogP contribution in [0, 0.1) is 5.92 Å². The predicted molar refractivity (Wildman–Crippen MR) is 66.6 cm³/mol. The molecule has 1 aromatic rings. The maximum absolute atomic E-state index is 13.0. The second-order valence-electron chi connectivity index (χ2n) is 5.34. The molecule has 0 aliphatic carbocycles. The fourth-order valence-corrected chi connectivity index (χ4v) is 2.55. The van der Waals surface area contributed by atoms with Crippen molar-refractivity contribution in [3.8, 4) is 0 Å². The monoisotopic (exact) mass is 257 g/mol. The van der Waals surface area contributed by atoms with Gasteiger partial charge in [-0.25, -0.2) is 0 Å². The second kappa shape index (κ2) is 4.18. The van der Waals surface area contributed by atoms with E-state index in [-0.39, 0.29) is 11.2 Å². The molecule has 0 radical (unpaired) electrons. The lowest BCUT2D eigenvalue weighted by Crippen LogP contribution is -2.45. The fraction of sp³-hybridized carbons (Fsp3) is 0.571. The highest BCUT2D eigenvalue weighted by atomic mass is 19.4. The van der Waals surface area contributed by atoms with Crippen LogP contribution in [0.25, 0.3) is 0 Å². The zero-order valence-electron chi connectivity index (χ0n) is 10.9. The molecule has 1 aliphatic rings. The summed E-state index contributed by atoms with van der Waals surface area (Å²) in [5.41, 5.74) is 0.219. The van der Waals surface area contributed by atoms with Gasteiger partial charge in [0.25, 0.3) is 0 Å². The lowest BCUT2D eigenvalue weighted by molar-refractivity contribution is -0.137. The molecule has 0 saturated heterocycles. The quantitative estimate of drug-likeness (QED) is 0.782. The lowest BCUT2D eigenvalue weighted by Gasteiger charge is -2.42. The summed E-state index contributed by atoms with van der Waals surface area (Å²) in [6.45, 7) is 6.08. The number of para-hydroxylation sites is 1. The Hall–Kier alpha value is -1.19. The van der Waals surface area contributed by atoms with E-state index < -0.39 is 11.7 Å². The first kappa shape index (κ1) is 13.2. The van der Waals surface area contributed by atoms with Gasteiger partial charge in [0.05, 0.1) is 11.3 Å². The van der Waals surface area contributed by atoms with Crippen molar-refractivity contribution in [3.63, 3.8) is 0 Å². The number of rotatable bonds is 1. The van der Waals surface area contributed by atoms with Crippen molar-refractivity contribution in [1.82, 2.24) is 0 Å². The lowest BCUT2D eigenvalue weighted by atomic mass is 9.76. The van der Waals surface area contributed by atoms with E-state index in [0.29, 0.717) is 12.3 Å². The molecule has 2 atom stereocenters. The van der Waals surface area contributed by atoms with Crippen LogP contribution in [0.1, 0.15) is 38.3 Å². The third-order valence-electron chi connectivity index (χ3n) is 4.21. The zero-order chi connectivity index (χ0) is 13.6. The number of benzene rings is 1. The summed E-state index contributed by atoms with van der Waals surface area (Å²) < 4.78 is 39.0. The minimum absolute atomic E-state index is 0.269. The SMILES string of the molecule is CCC1(C)Nc2c(cccc2C(F)(F)F)CC1C. The van der Waals surface area contributed by atoms with Gasteiger partial charge >= 0.3 is 6.18 Å². The van der Waals surface area contributed by atoms with E-state index in [0.717, 1.165) is 18.1 Å². The molecule has 18 heavy (non-hydrogen) atoms. The summed E-state index contributed by atoms with van der Waals surface area (Å²) in [6, 6.07) is 4.42. The van der Waals surface area contributed by atoms with Crippen molar-refractivity contribution < 1.29 is 13.2 Å². The van der Waals surface area contributed by atoms with E-state index in [2.05, 4.69) is 12.2 Å². The van der Waals surface area contributed by atoms with Crippen LogP contribution in [0.2, 0.25) is 0 Å². The first-order chi connectivity index (χ1) is 8.28. The molecular weight excluding hydrogens is 239 g/mol. The highest BCUT2D eigenvalue weighted by molar-refractivity contribution is 5.62. The van der Waals surface area contributed by atoms with Crippen LogP contribution in [0.15, 0.2) is 18.2 Å². The molecule has 0 aromatic heterocycles. The number of halogens is 3. The third-order valence-corrected chi connectivity index (χ3v) is 4.21. The number of nitrogens with one attached hydrogen (secondary N) is 1. The van der Waals surface area contributed by atoms with E-state index in [1.54, 1.807) is 6.07 Å². The molecule has 2 rings (SSSR count). The van der Waals surface area contributed by atoms with E-state index in [1.807, 2.05) is 13.8 Å². The van der Waals surface area contributed by atoms with Crippen LogP contribution in [0.3, 0.4) is 0 Å². The molecular formula is C14H18F3N. The van der Waals surface area contributed by atoms with Crippen LogP contribution < -0.4 is 5.32 Å². The van der Waals surface area contributed by atoms with E-state index in [4.69, 9.17) is 0 Å². The van der Waals surface area contributed by atoms with Crippen molar-refractivity contribution in [3.05, 3.63) is 29.3 Å². The average molecular weight is 257 g/mol. The van der Waals surface area contributed by atoms with Gasteiger partial charge in [0.15, 0.2) is 0 Å². The van der Waals surface area contributed by atoms with Crippen molar-refractivity contribution >= 4 is 5.69 Å². The fourth-order valence-electron chi connectivity index (χ4n) is 2.55. The average Bonchev–Trinajstić information content (AvgIpc) is 2.28. The molecule has 1 aromatic carbocycles. The number of hydrogen-bond donors (Lipinski definition) is 1. The van der Waals surface area contributed by atoms with Crippen molar-refractivity contribution in [2.45, 2.75) is 45.3 Å². The Kier molecular flexibility index (Phi) is 3.07. The summed E-state index contributed by atoms with van der Waals surface area (Å²) in [5.74, 6) is 0.318. The molecule has 2 unspecified atom stereocenters. The molecule has 0 fully saturated rings. The van der Waals surface area contributed by atoms with Gasteiger partial charge in [-0.1, -0.05) is 26.0 Å². The summed E-state index contributed by atoms with van der Waals surface area (Å²) >= 11 is 0. The van der Waals surface area contributed by atoms with Crippen molar-refractivity contribution in [2.75, 3.05) is 5.32 Å². The van der Waals surface area contributed by atoms with Gasteiger partial charge in [-0.2, -0.15) is 13.2 Å². The highest BCUT2D eigenvalue weighted by Gasteiger charge is 2.40. The minimum atomic E-state index is -4.30. The molecule has 100 valence electrons. The normalized spacial score (nSPS) is 27.6. The van der Waals surface area contributed by atoms with Crippen molar-refractivity contribution in [1.29, 1.82) is 0 Å². The Morgan fingerprint density at radius 3 is 2.61 bits per heavy atom. The van der Waals surface area contributed by atoms with Crippen molar-refractivity contribution in [2.24, 2.45) is 5.92 Å². The number of alkyl halides is 3. The van der Waals surface area contributed by atoms with Gasteiger partial charge in [-0.05, 0) is 37.3 Å². The van der Waals surface area contributed by atoms with E-state index >= 15 is 0 Å². The van der Waals surface area contributed by atoms with E-state index in [1.165, 1.54) is 6.07 Å². The number of fused-ring (bicyclic) bond motifs is 1. The Bertz CT molecular complexity index is 453. The van der Waals surface area contributed by atoms with Crippen LogP contribution in [-0.2, 0) is 12.6 Å². The van der Waals surface area contributed by atoms with Gasteiger partial charge in [-0.3, -0.25) is 0 Å². The summed E-state index contributed by atoms with van der Waals surface area (Å²) in [7, 11) is 0. The van der Waals surface area contributed by atoms with Gasteiger partial charge in [-0.15, -0.1) is 0 Å². The largest absolute Gasteiger partial charge is 0.418 e. The Morgan fingerprint density at radius 1 is 1.39 bits per heavy atom. The molecule has 0 saturated carbocycles. The van der Waals surface area contributed by atoms with E-state index in [9.17, 15) is 13.2 Å². The highest BCUT2D eigenvalue weighted by Crippen LogP contribution is 2.43. The minimum Gasteiger partial charge on any atom is -0.379 e. The molecule has 4 heteroatoms. The Balaban J connectivity index is 2.52. The zero-order valence-corrected chi connectivity index (χ0v) is 10.9. The Labute approximate surface area is 105 Å². The molecule has 1 heterocycles. The standard InChI is InChI=1S/C14H18F3N/c1-4-13(3)9(2)8-10-6-5-7-11(12(10)18-13)14(15,16)17/h5-7,9,18H,4,8H2,1-3H3. The van der Waals surface area contributed by atoms with Gasteiger partial charge in [0.1, 0.15) is 0 Å². The molecule has 1 nitrogen and oxygen atoms in total. The van der Waals surface area contributed by atoms with Crippen LogP contribution in [0.4, 0.5) is 18.9 Å². The molecule has 0 spiro atoms. The molecule has 1 N–H and O–H groups in total. The summed E-state index contributed by atoms with van der Waals surface area (Å²) in [4.78, 5) is 0. The smallest absolute Gasteiger partial charge is 0.379 e. The van der Waals surface area contributed by atoms with Gasteiger partial charge in [0, 0.05) is 5.54 Å². The molecule has 1 aliphatic heterocycles. The van der Waals surface area contributed by atoms with Crippen LogP contribution in [-0.4, -0.2) is 5.54 Å². The Morgan fingerprint density at radius 2 is 2.06 bits per heavy atom.